The molecule has 80 valence electrons. The predicted octanol–water partition coefficient (Wildman–Crippen LogP) is 0.702. The lowest BCUT2D eigenvalue weighted by atomic mass is 10.3. The minimum absolute atomic E-state index is 0.282. The number of thioether (sulfide) groups is 1. The van der Waals surface area contributed by atoms with E-state index in [1.54, 1.807) is 0 Å². The highest BCUT2D eigenvalue weighted by atomic mass is 32.2. The van der Waals surface area contributed by atoms with Gasteiger partial charge in [0.25, 0.3) is 0 Å². The van der Waals surface area contributed by atoms with E-state index >= 15 is 0 Å². The van der Waals surface area contributed by atoms with Gasteiger partial charge in [-0.2, -0.15) is 11.8 Å². The van der Waals surface area contributed by atoms with Crippen molar-refractivity contribution in [2.24, 2.45) is 0 Å². The third-order valence-electron chi connectivity index (χ3n) is 2.81. The lowest BCUT2D eigenvalue weighted by Crippen LogP contribution is -2.48. The number of amides is 1. The molecule has 1 atom stereocenters. The zero-order valence-electron chi connectivity index (χ0n) is 8.66. The largest absolute Gasteiger partial charge is 0.337 e. The van der Waals surface area contributed by atoms with Gasteiger partial charge in [-0.25, -0.2) is 0 Å². The second kappa shape index (κ2) is 4.53. The average molecular weight is 214 g/mol. The summed E-state index contributed by atoms with van der Waals surface area (Å²) in [4.78, 5) is 13.8. The molecule has 4 heteroatoms. The summed E-state index contributed by atoms with van der Waals surface area (Å²) >= 11 is 1.95. The van der Waals surface area contributed by atoms with E-state index in [1.165, 1.54) is 12.8 Å². The summed E-state index contributed by atoms with van der Waals surface area (Å²) in [5, 5.41) is 3.28. The SMILES string of the molecule is CC1CSCCN1C(=O)CNC1CC1. The molecule has 1 saturated heterocycles. The van der Waals surface area contributed by atoms with Gasteiger partial charge in [0.1, 0.15) is 0 Å². The molecule has 0 spiro atoms. The van der Waals surface area contributed by atoms with Gasteiger partial charge in [0.15, 0.2) is 0 Å². The number of carbonyl (C=O) groups excluding carboxylic acids is 1. The second-order valence-electron chi connectivity index (χ2n) is 4.17. The Bertz CT molecular complexity index is 218. The number of carbonyl (C=O) groups is 1. The van der Waals surface area contributed by atoms with E-state index in [2.05, 4.69) is 12.2 Å². The van der Waals surface area contributed by atoms with Crippen LogP contribution in [0.25, 0.3) is 0 Å². The Balaban J connectivity index is 1.76. The zero-order valence-corrected chi connectivity index (χ0v) is 9.48. The first-order chi connectivity index (χ1) is 6.77. The van der Waals surface area contributed by atoms with Crippen LogP contribution in [0.2, 0.25) is 0 Å². The van der Waals surface area contributed by atoms with Gasteiger partial charge in [0.2, 0.25) is 5.91 Å². The van der Waals surface area contributed by atoms with E-state index in [1.807, 2.05) is 16.7 Å². The lowest BCUT2D eigenvalue weighted by Gasteiger charge is -2.33. The Morgan fingerprint density at radius 1 is 1.57 bits per heavy atom. The first-order valence-corrected chi connectivity index (χ1v) is 6.53. The van der Waals surface area contributed by atoms with Crippen molar-refractivity contribution in [3.05, 3.63) is 0 Å². The van der Waals surface area contributed by atoms with Crippen molar-refractivity contribution in [3.8, 4) is 0 Å². The highest BCUT2D eigenvalue weighted by Crippen LogP contribution is 2.19. The molecule has 0 aromatic rings. The first kappa shape index (κ1) is 10.3. The number of hydrogen-bond donors (Lipinski definition) is 1. The quantitative estimate of drug-likeness (QED) is 0.750. The summed E-state index contributed by atoms with van der Waals surface area (Å²) in [6, 6.07) is 1.05. The number of hydrogen-bond acceptors (Lipinski definition) is 3. The fourth-order valence-corrected chi connectivity index (χ4v) is 2.73. The van der Waals surface area contributed by atoms with Gasteiger partial charge in [-0.15, -0.1) is 0 Å². The highest BCUT2D eigenvalue weighted by molar-refractivity contribution is 7.99. The summed E-state index contributed by atoms with van der Waals surface area (Å²) in [6.45, 7) is 3.61. The summed E-state index contributed by atoms with van der Waals surface area (Å²) in [6.07, 6.45) is 2.50. The van der Waals surface area contributed by atoms with Crippen molar-refractivity contribution in [2.75, 3.05) is 24.6 Å². The van der Waals surface area contributed by atoms with Gasteiger partial charge in [0.05, 0.1) is 6.54 Å². The van der Waals surface area contributed by atoms with Gasteiger partial charge in [0, 0.05) is 30.1 Å². The van der Waals surface area contributed by atoms with Crippen LogP contribution >= 0.6 is 11.8 Å². The summed E-state index contributed by atoms with van der Waals surface area (Å²) in [7, 11) is 0. The molecule has 0 radical (unpaired) electrons. The van der Waals surface area contributed by atoms with E-state index in [-0.39, 0.29) is 5.91 Å². The molecule has 1 unspecified atom stereocenters. The molecule has 3 nitrogen and oxygen atoms in total. The monoisotopic (exact) mass is 214 g/mol. The van der Waals surface area contributed by atoms with E-state index in [0.29, 0.717) is 18.6 Å². The fourth-order valence-electron chi connectivity index (χ4n) is 1.72. The maximum Gasteiger partial charge on any atom is 0.236 e. The Hall–Kier alpha value is -0.220. The van der Waals surface area contributed by atoms with Crippen LogP contribution < -0.4 is 5.32 Å². The molecule has 0 bridgehead atoms. The van der Waals surface area contributed by atoms with E-state index in [9.17, 15) is 4.79 Å². The summed E-state index contributed by atoms with van der Waals surface area (Å²) in [5.41, 5.74) is 0. The molecular formula is C10H18N2OS. The first-order valence-electron chi connectivity index (χ1n) is 5.38. The van der Waals surface area contributed by atoms with E-state index < -0.39 is 0 Å². The lowest BCUT2D eigenvalue weighted by molar-refractivity contribution is -0.131. The van der Waals surface area contributed by atoms with Crippen LogP contribution in [-0.2, 0) is 4.79 Å². The van der Waals surface area contributed by atoms with Crippen LogP contribution in [0.3, 0.4) is 0 Å². The second-order valence-corrected chi connectivity index (χ2v) is 5.32. The summed E-state index contributed by atoms with van der Waals surface area (Å²) < 4.78 is 0. The molecule has 1 N–H and O–H groups in total. The third kappa shape index (κ3) is 2.64. The average Bonchev–Trinajstić information content (AvgIpc) is 2.98. The molecule has 2 fully saturated rings. The van der Waals surface area contributed by atoms with E-state index in [4.69, 9.17) is 0 Å². The topological polar surface area (TPSA) is 32.3 Å². The molecule has 1 amide bonds. The molecule has 0 aromatic carbocycles. The highest BCUT2D eigenvalue weighted by Gasteiger charge is 2.26. The molecule has 1 aliphatic carbocycles. The van der Waals surface area contributed by atoms with E-state index in [0.717, 1.165) is 18.1 Å². The molecule has 1 saturated carbocycles. The van der Waals surface area contributed by atoms with Crippen molar-refractivity contribution in [1.29, 1.82) is 0 Å². The van der Waals surface area contributed by atoms with Crippen LogP contribution in [0.4, 0.5) is 0 Å². The molecule has 14 heavy (non-hydrogen) atoms. The molecule has 2 aliphatic rings. The van der Waals surface area contributed by atoms with Crippen LogP contribution in [0, 0.1) is 0 Å². The minimum Gasteiger partial charge on any atom is -0.337 e. The maximum atomic E-state index is 11.8. The normalized spacial score (nSPS) is 27.8. The maximum absolute atomic E-state index is 11.8. The Morgan fingerprint density at radius 3 is 3.00 bits per heavy atom. The van der Waals surface area contributed by atoms with Crippen molar-refractivity contribution in [1.82, 2.24) is 10.2 Å². The van der Waals surface area contributed by atoms with Crippen molar-refractivity contribution < 1.29 is 4.79 Å². The van der Waals surface area contributed by atoms with Gasteiger partial charge in [-0.05, 0) is 19.8 Å². The Labute approximate surface area is 89.6 Å². The Kier molecular flexibility index (Phi) is 3.34. The standard InChI is InChI=1S/C10H18N2OS/c1-8-7-14-5-4-12(8)10(13)6-11-9-2-3-9/h8-9,11H,2-7H2,1H3. The van der Waals surface area contributed by atoms with Crippen molar-refractivity contribution in [3.63, 3.8) is 0 Å². The fraction of sp³-hybridized carbons (Fsp3) is 0.900. The van der Waals surface area contributed by atoms with Gasteiger partial charge in [-0.1, -0.05) is 0 Å². The molecule has 1 aliphatic heterocycles. The molecule has 2 rings (SSSR count). The van der Waals surface area contributed by atoms with Gasteiger partial charge >= 0.3 is 0 Å². The van der Waals surface area contributed by atoms with Gasteiger partial charge < -0.3 is 10.2 Å². The Morgan fingerprint density at radius 2 is 2.36 bits per heavy atom. The molecule has 1 heterocycles. The minimum atomic E-state index is 0.282. The van der Waals surface area contributed by atoms with Crippen molar-refractivity contribution >= 4 is 17.7 Å². The van der Waals surface area contributed by atoms with Crippen molar-refractivity contribution in [2.45, 2.75) is 31.8 Å². The summed E-state index contributed by atoms with van der Waals surface area (Å²) in [5.74, 6) is 2.47. The van der Waals surface area contributed by atoms with Crippen LogP contribution in [0.15, 0.2) is 0 Å². The predicted molar refractivity (Wildman–Crippen MR) is 59.5 cm³/mol. The number of nitrogens with zero attached hydrogens (tertiary/aromatic N) is 1. The molecule has 0 aromatic heterocycles. The number of nitrogens with one attached hydrogen (secondary N) is 1. The van der Waals surface area contributed by atoms with Crippen LogP contribution in [0.5, 0.6) is 0 Å². The number of rotatable bonds is 3. The third-order valence-corrected chi connectivity index (χ3v) is 4.00. The van der Waals surface area contributed by atoms with Gasteiger partial charge in [-0.3, -0.25) is 4.79 Å². The smallest absolute Gasteiger partial charge is 0.236 e. The molecular weight excluding hydrogens is 196 g/mol. The van der Waals surface area contributed by atoms with Crippen LogP contribution in [0.1, 0.15) is 19.8 Å². The zero-order chi connectivity index (χ0) is 9.97. The van der Waals surface area contributed by atoms with Crippen LogP contribution in [-0.4, -0.2) is 47.5 Å².